The summed E-state index contributed by atoms with van der Waals surface area (Å²) in [5.41, 5.74) is -0.860. The Kier molecular flexibility index (Phi) is 3.57. The number of aromatic nitrogens is 2. The van der Waals surface area contributed by atoms with Crippen molar-refractivity contribution in [3.8, 4) is 0 Å². The molecular formula is C10H7FN4O4S. The van der Waals surface area contributed by atoms with Gasteiger partial charge >= 0.3 is 0 Å². The van der Waals surface area contributed by atoms with Gasteiger partial charge in [0.2, 0.25) is 4.90 Å². The minimum atomic E-state index is -4.49. The molecule has 1 aromatic heterocycles. The van der Waals surface area contributed by atoms with Gasteiger partial charge in [0, 0.05) is 18.5 Å². The lowest BCUT2D eigenvalue weighted by atomic mass is 10.3. The van der Waals surface area contributed by atoms with Crippen molar-refractivity contribution < 1.29 is 17.7 Å². The summed E-state index contributed by atoms with van der Waals surface area (Å²) >= 11 is 0. The smallest absolute Gasteiger partial charge is 0.262 e. The van der Waals surface area contributed by atoms with E-state index in [9.17, 15) is 22.9 Å². The Morgan fingerprint density at radius 2 is 2.05 bits per heavy atom. The third-order valence-corrected chi connectivity index (χ3v) is 3.63. The zero-order valence-corrected chi connectivity index (χ0v) is 10.5. The molecule has 0 saturated carbocycles. The lowest BCUT2D eigenvalue weighted by molar-refractivity contribution is -0.388. The monoisotopic (exact) mass is 298 g/mol. The van der Waals surface area contributed by atoms with E-state index in [1.807, 2.05) is 4.72 Å². The van der Waals surface area contributed by atoms with Gasteiger partial charge in [-0.05, 0) is 6.07 Å². The van der Waals surface area contributed by atoms with Crippen molar-refractivity contribution in [2.45, 2.75) is 4.90 Å². The van der Waals surface area contributed by atoms with Gasteiger partial charge in [0.05, 0.1) is 11.1 Å². The van der Waals surface area contributed by atoms with Crippen LogP contribution in [0.25, 0.3) is 0 Å². The maximum absolute atomic E-state index is 13.6. The van der Waals surface area contributed by atoms with E-state index in [0.29, 0.717) is 0 Å². The fourth-order valence-corrected chi connectivity index (χ4v) is 2.67. The Bertz CT molecular complexity index is 751. The minimum absolute atomic E-state index is 0.176. The van der Waals surface area contributed by atoms with E-state index in [1.165, 1.54) is 12.4 Å². The van der Waals surface area contributed by atoms with Crippen LogP contribution in [0, 0.1) is 15.9 Å². The molecule has 20 heavy (non-hydrogen) atoms. The van der Waals surface area contributed by atoms with Crippen molar-refractivity contribution in [3.05, 3.63) is 52.7 Å². The maximum atomic E-state index is 13.6. The van der Waals surface area contributed by atoms with Crippen LogP contribution in [0.1, 0.15) is 0 Å². The summed E-state index contributed by atoms with van der Waals surface area (Å²) < 4.78 is 39.6. The summed E-state index contributed by atoms with van der Waals surface area (Å²) in [5, 5.41) is 10.8. The van der Waals surface area contributed by atoms with Crippen molar-refractivity contribution in [1.29, 1.82) is 0 Å². The molecular weight excluding hydrogens is 291 g/mol. The Morgan fingerprint density at radius 3 is 2.65 bits per heavy atom. The number of nitro benzene ring substituents is 1. The highest BCUT2D eigenvalue weighted by Gasteiger charge is 2.30. The Morgan fingerprint density at radius 1 is 1.30 bits per heavy atom. The first-order chi connectivity index (χ1) is 9.42. The van der Waals surface area contributed by atoms with Crippen molar-refractivity contribution >= 4 is 21.5 Å². The van der Waals surface area contributed by atoms with Gasteiger partial charge in [0.1, 0.15) is 0 Å². The molecule has 8 nitrogen and oxygen atoms in total. The molecule has 0 aliphatic heterocycles. The summed E-state index contributed by atoms with van der Waals surface area (Å²) in [5.74, 6) is -1.40. The number of halogens is 1. The number of anilines is 1. The highest BCUT2D eigenvalue weighted by Crippen LogP contribution is 2.27. The molecule has 1 heterocycles. The van der Waals surface area contributed by atoms with E-state index in [4.69, 9.17) is 0 Å². The van der Waals surface area contributed by atoms with Crippen LogP contribution >= 0.6 is 0 Å². The molecule has 0 radical (unpaired) electrons. The molecule has 2 aromatic rings. The van der Waals surface area contributed by atoms with Gasteiger partial charge in [-0.1, -0.05) is 6.07 Å². The highest BCUT2D eigenvalue weighted by atomic mass is 32.2. The minimum Gasteiger partial charge on any atom is -0.262 e. The fourth-order valence-electron chi connectivity index (χ4n) is 1.45. The van der Waals surface area contributed by atoms with Crippen LogP contribution in [0.4, 0.5) is 15.9 Å². The Labute approximate surface area is 112 Å². The van der Waals surface area contributed by atoms with Crippen LogP contribution in [0.2, 0.25) is 0 Å². The molecule has 0 unspecified atom stereocenters. The molecule has 0 spiro atoms. The predicted molar refractivity (Wildman–Crippen MR) is 65.9 cm³/mol. The predicted octanol–water partition coefficient (Wildman–Crippen LogP) is 1.32. The van der Waals surface area contributed by atoms with Crippen molar-refractivity contribution in [3.63, 3.8) is 0 Å². The summed E-state index contributed by atoms with van der Waals surface area (Å²) in [7, 11) is -4.49. The average Bonchev–Trinajstić information content (AvgIpc) is 2.38. The van der Waals surface area contributed by atoms with Crippen LogP contribution in [-0.2, 0) is 10.0 Å². The second-order valence-corrected chi connectivity index (χ2v) is 5.16. The summed E-state index contributed by atoms with van der Waals surface area (Å²) in [4.78, 5) is 16.0. The Hall–Kier alpha value is -2.62. The van der Waals surface area contributed by atoms with Gasteiger partial charge < -0.3 is 0 Å². The maximum Gasteiger partial charge on any atom is 0.292 e. The quantitative estimate of drug-likeness (QED) is 0.672. The number of nitrogens with zero attached hydrogens (tertiary/aromatic N) is 3. The number of hydrogen-bond acceptors (Lipinski definition) is 6. The van der Waals surface area contributed by atoms with Gasteiger partial charge in [-0.3, -0.25) is 19.8 Å². The zero-order valence-electron chi connectivity index (χ0n) is 9.72. The molecule has 0 aliphatic rings. The summed E-state index contributed by atoms with van der Waals surface area (Å²) in [6.07, 6.45) is 3.61. The van der Waals surface area contributed by atoms with Crippen LogP contribution in [0.3, 0.4) is 0 Å². The fraction of sp³-hybridized carbons (Fsp3) is 0. The van der Waals surface area contributed by atoms with Crippen LogP contribution < -0.4 is 4.72 Å². The first kappa shape index (κ1) is 13.8. The van der Waals surface area contributed by atoms with E-state index in [0.717, 1.165) is 24.4 Å². The molecule has 0 aliphatic carbocycles. The van der Waals surface area contributed by atoms with Gasteiger partial charge in [0.15, 0.2) is 11.6 Å². The molecule has 0 saturated heterocycles. The number of nitro groups is 1. The molecule has 0 amide bonds. The number of nitrogens with one attached hydrogen (secondary N) is 1. The Balaban J connectivity index is 2.53. The lowest BCUT2D eigenvalue weighted by Crippen LogP contribution is -2.17. The van der Waals surface area contributed by atoms with Gasteiger partial charge in [-0.2, -0.15) is 0 Å². The van der Waals surface area contributed by atoms with Crippen molar-refractivity contribution in [2.75, 3.05) is 4.72 Å². The second-order valence-electron chi connectivity index (χ2n) is 3.54. The first-order valence-corrected chi connectivity index (χ1v) is 6.62. The van der Waals surface area contributed by atoms with Crippen LogP contribution in [-0.4, -0.2) is 23.3 Å². The average molecular weight is 298 g/mol. The van der Waals surface area contributed by atoms with Crippen LogP contribution in [0.15, 0.2) is 41.7 Å². The third kappa shape index (κ3) is 2.69. The van der Waals surface area contributed by atoms with Gasteiger partial charge in [-0.15, -0.1) is 0 Å². The highest BCUT2D eigenvalue weighted by molar-refractivity contribution is 7.92. The van der Waals surface area contributed by atoms with Gasteiger partial charge in [-0.25, -0.2) is 17.8 Å². The number of benzene rings is 1. The SMILES string of the molecule is O=[N+]([O-])c1cccc(F)c1S(=O)(=O)Nc1cnccn1. The second kappa shape index (κ2) is 5.17. The van der Waals surface area contributed by atoms with Gasteiger partial charge in [0.25, 0.3) is 15.7 Å². The molecule has 10 heteroatoms. The van der Waals surface area contributed by atoms with Crippen molar-refractivity contribution in [2.24, 2.45) is 0 Å². The standard InChI is InChI=1S/C10H7FN4O4S/c11-7-2-1-3-8(15(16)17)10(7)20(18,19)14-9-6-12-4-5-13-9/h1-6H,(H,13,14). The molecule has 0 fully saturated rings. The topological polar surface area (TPSA) is 115 Å². The molecule has 104 valence electrons. The van der Waals surface area contributed by atoms with Crippen LogP contribution in [0.5, 0.6) is 0 Å². The number of hydrogen-bond donors (Lipinski definition) is 1. The number of sulfonamides is 1. The summed E-state index contributed by atoms with van der Waals surface area (Å²) in [6.45, 7) is 0. The first-order valence-electron chi connectivity index (χ1n) is 5.13. The summed E-state index contributed by atoms with van der Waals surface area (Å²) in [6, 6.07) is 2.77. The molecule has 1 N–H and O–H groups in total. The van der Waals surface area contributed by atoms with E-state index in [2.05, 4.69) is 9.97 Å². The molecule has 2 rings (SSSR count). The van der Waals surface area contributed by atoms with E-state index < -0.39 is 31.3 Å². The molecule has 0 bridgehead atoms. The molecule has 1 aromatic carbocycles. The van der Waals surface area contributed by atoms with E-state index >= 15 is 0 Å². The van der Waals surface area contributed by atoms with E-state index in [1.54, 1.807) is 0 Å². The zero-order chi connectivity index (χ0) is 14.8. The largest absolute Gasteiger partial charge is 0.292 e. The van der Waals surface area contributed by atoms with E-state index in [-0.39, 0.29) is 5.82 Å². The lowest BCUT2D eigenvalue weighted by Gasteiger charge is -2.07. The normalized spacial score (nSPS) is 11.1. The third-order valence-electron chi connectivity index (χ3n) is 2.21. The number of rotatable bonds is 4. The molecule has 0 atom stereocenters. The van der Waals surface area contributed by atoms with Crippen molar-refractivity contribution in [1.82, 2.24) is 9.97 Å².